The minimum absolute atomic E-state index is 0.116. The molecule has 1 aliphatic rings. The Balaban J connectivity index is 1.71. The van der Waals surface area contributed by atoms with Gasteiger partial charge in [-0.05, 0) is 56.6 Å². The van der Waals surface area contributed by atoms with E-state index in [2.05, 4.69) is 24.5 Å². The SMILES string of the molecule is Cc1ccc(S(=O)(=O)N2CCC(CCNC(=O)NCCC(C)C)CC2)cc1. The van der Waals surface area contributed by atoms with E-state index < -0.39 is 10.0 Å². The number of hydrogen-bond acceptors (Lipinski definition) is 3. The number of aryl methyl sites for hydroxylation is 1. The van der Waals surface area contributed by atoms with Crippen molar-refractivity contribution in [1.82, 2.24) is 14.9 Å². The first-order valence-corrected chi connectivity index (χ1v) is 11.3. The Bertz CT molecular complexity index is 694. The van der Waals surface area contributed by atoms with Crippen LogP contribution in [0.3, 0.4) is 0 Å². The summed E-state index contributed by atoms with van der Waals surface area (Å²) in [7, 11) is -3.40. The molecule has 0 radical (unpaired) electrons. The number of urea groups is 1. The first-order valence-electron chi connectivity index (χ1n) is 9.87. The Morgan fingerprint density at radius 3 is 2.30 bits per heavy atom. The van der Waals surface area contributed by atoms with E-state index in [0.717, 1.165) is 31.2 Å². The highest BCUT2D eigenvalue weighted by atomic mass is 32.2. The van der Waals surface area contributed by atoms with Crippen LogP contribution < -0.4 is 10.6 Å². The summed E-state index contributed by atoms with van der Waals surface area (Å²) in [5, 5.41) is 5.76. The number of sulfonamides is 1. The molecule has 1 saturated heterocycles. The van der Waals surface area contributed by atoms with Gasteiger partial charge in [-0.1, -0.05) is 31.5 Å². The molecule has 27 heavy (non-hydrogen) atoms. The number of nitrogens with zero attached hydrogens (tertiary/aromatic N) is 1. The van der Waals surface area contributed by atoms with Crippen LogP contribution in [0.1, 0.15) is 45.1 Å². The van der Waals surface area contributed by atoms with E-state index in [9.17, 15) is 13.2 Å². The number of carbonyl (C=O) groups excluding carboxylic acids is 1. The standard InChI is InChI=1S/C20H33N3O3S/c1-16(2)8-12-21-20(24)22-13-9-18-10-14-23(15-11-18)27(25,26)19-6-4-17(3)5-7-19/h4-7,16,18H,8-15H2,1-3H3,(H2,21,22,24). The van der Waals surface area contributed by atoms with Crippen molar-refractivity contribution in [2.75, 3.05) is 26.2 Å². The molecule has 152 valence electrons. The number of amides is 2. The maximum absolute atomic E-state index is 12.7. The molecule has 1 aromatic rings. The highest BCUT2D eigenvalue weighted by molar-refractivity contribution is 7.89. The second kappa shape index (κ2) is 10.1. The van der Waals surface area contributed by atoms with Gasteiger partial charge in [-0.2, -0.15) is 4.31 Å². The number of nitrogens with one attached hydrogen (secondary N) is 2. The third-order valence-corrected chi connectivity index (χ3v) is 6.99. The molecule has 0 spiro atoms. The number of benzene rings is 1. The van der Waals surface area contributed by atoms with Gasteiger partial charge in [0.15, 0.2) is 0 Å². The first-order chi connectivity index (χ1) is 12.8. The average Bonchev–Trinajstić information content (AvgIpc) is 2.62. The second-order valence-electron chi connectivity index (χ2n) is 7.81. The molecule has 1 aliphatic heterocycles. The molecule has 7 heteroatoms. The average molecular weight is 396 g/mol. The minimum atomic E-state index is -3.40. The van der Waals surface area contributed by atoms with E-state index in [-0.39, 0.29) is 6.03 Å². The highest BCUT2D eigenvalue weighted by Gasteiger charge is 2.29. The van der Waals surface area contributed by atoms with Gasteiger partial charge in [0.05, 0.1) is 4.90 Å². The minimum Gasteiger partial charge on any atom is -0.338 e. The molecule has 1 aromatic carbocycles. The smallest absolute Gasteiger partial charge is 0.314 e. The summed E-state index contributed by atoms with van der Waals surface area (Å²) < 4.78 is 27.0. The Morgan fingerprint density at radius 1 is 1.11 bits per heavy atom. The zero-order valence-corrected chi connectivity index (χ0v) is 17.5. The van der Waals surface area contributed by atoms with Crippen LogP contribution in [0.5, 0.6) is 0 Å². The second-order valence-corrected chi connectivity index (χ2v) is 9.75. The largest absolute Gasteiger partial charge is 0.338 e. The van der Waals surface area contributed by atoms with Gasteiger partial charge in [-0.15, -0.1) is 0 Å². The van der Waals surface area contributed by atoms with Gasteiger partial charge in [0.25, 0.3) is 0 Å². The molecule has 6 nitrogen and oxygen atoms in total. The molecule has 0 bridgehead atoms. The fourth-order valence-electron chi connectivity index (χ4n) is 3.22. The Labute approximate surface area is 163 Å². The van der Waals surface area contributed by atoms with Crippen molar-refractivity contribution < 1.29 is 13.2 Å². The van der Waals surface area contributed by atoms with E-state index in [4.69, 9.17) is 0 Å². The third kappa shape index (κ3) is 6.81. The Kier molecular flexibility index (Phi) is 8.10. The van der Waals surface area contributed by atoms with Crippen LogP contribution in [-0.2, 0) is 10.0 Å². The van der Waals surface area contributed by atoms with Gasteiger partial charge in [-0.3, -0.25) is 0 Å². The van der Waals surface area contributed by atoms with Crippen molar-refractivity contribution in [3.05, 3.63) is 29.8 Å². The summed E-state index contributed by atoms with van der Waals surface area (Å²) in [5.41, 5.74) is 1.05. The molecule has 2 amide bonds. The van der Waals surface area contributed by atoms with Crippen molar-refractivity contribution in [3.63, 3.8) is 0 Å². The number of piperidine rings is 1. The highest BCUT2D eigenvalue weighted by Crippen LogP contribution is 2.25. The quantitative estimate of drug-likeness (QED) is 0.710. The van der Waals surface area contributed by atoms with Crippen LogP contribution in [0, 0.1) is 18.8 Å². The van der Waals surface area contributed by atoms with Crippen molar-refractivity contribution in [3.8, 4) is 0 Å². The predicted octanol–water partition coefficient (Wildman–Crippen LogP) is 3.13. The van der Waals surface area contributed by atoms with Crippen molar-refractivity contribution >= 4 is 16.1 Å². The van der Waals surface area contributed by atoms with Gasteiger partial charge in [0.1, 0.15) is 0 Å². The first kappa shape index (κ1) is 21.7. The summed E-state index contributed by atoms with van der Waals surface area (Å²) in [4.78, 5) is 12.1. The lowest BCUT2D eigenvalue weighted by atomic mass is 9.95. The van der Waals surface area contributed by atoms with Gasteiger partial charge < -0.3 is 10.6 Å². The number of hydrogen-bond donors (Lipinski definition) is 2. The van der Waals surface area contributed by atoms with Gasteiger partial charge in [-0.25, -0.2) is 13.2 Å². The molecule has 0 unspecified atom stereocenters. The summed E-state index contributed by atoms with van der Waals surface area (Å²) in [6.07, 6.45) is 3.53. The molecule has 0 aromatic heterocycles. The summed E-state index contributed by atoms with van der Waals surface area (Å²) in [6.45, 7) is 8.61. The fourth-order valence-corrected chi connectivity index (χ4v) is 4.69. The fraction of sp³-hybridized carbons (Fsp3) is 0.650. The van der Waals surface area contributed by atoms with Gasteiger partial charge in [0, 0.05) is 26.2 Å². The van der Waals surface area contributed by atoms with Crippen LogP contribution in [0.15, 0.2) is 29.2 Å². The van der Waals surface area contributed by atoms with Gasteiger partial charge >= 0.3 is 6.03 Å². The lowest BCUT2D eigenvalue weighted by molar-refractivity contribution is 0.235. The molecule has 2 rings (SSSR count). The van der Waals surface area contributed by atoms with Gasteiger partial charge in [0.2, 0.25) is 10.0 Å². The number of carbonyl (C=O) groups is 1. The lowest BCUT2D eigenvalue weighted by Gasteiger charge is -2.31. The molecule has 1 fully saturated rings. The van der Waals surface area contributed by atoms with Crippen LogP contribution in [0.4, 0.5) is 4.79 Å². The Morgan fingerprint density at radius 2 is 1.70 bits per heavy atom. The van der Waals surface area contributed by atoms with Crippen LogP contribution in [0.25, 0.3) is 0 Å². The third-order valence-electron chi connectivity index (χ3n) is 5.08. The Hall–Kier alpha value is -1.60. The summed E-state index contributed by atoms with van der Waals surface area (Å²) >= 11 is 0. The van der Waals surface area contributed by atoms with Crippen molar-refractivity contribution in [2.45, 2.75) is 51.3 Å². The molecule has 0 atom stereocenters. The molecule has 0 aliphatic carbocycles. The maximum atomic E-state index is 12.7. The van der Waals surface area contributed by atoms with Crippen LogP contribution >= 0.6 is 0 Å². The predicted molar refractivity (Wildman–Crippen MR) is 108 cm³/mol. The van der Waals surface area contributed by atoms with E-state index in [1.807, 2.05) is 19.1 Å². The molecule has 0 saturated carbocycles. The monoisotopic (exact) mass is 395 g/mol. The normalized spacial score (nSPS) is 16.4. The van der Waals surface area contributed by atoms with Crippen molar-refractivity contribution in [1.29, 1.82) is 0 Å². The van der Waals surface area contributed by atoms with E-state index in [0.29, 0.717) is 42.9 Å². The number of rotatable bonds is 8. The van der Waals surface area contributed by atoms with E-state index >= 15 is 0 Å². The lowest BCUT2D eigenvalue weighted by Crippen LogP contribution is -2.40. The van der Waals surface area contributed by atoms with Crippen LogP contribution in [-0.4, -0.2) is 44.9 Å². The van der Waals surface area contributed by atoms with Crippen molar-refractivity contribution in [2.24, 2.45) is 11.8 Å². The zero-order chi connectivity index (χ0) is 19.9. The molecule has 1 heterocycles. The summed E-state index contributed by atoms with van der Waals surface area (Å²) in [5.74, 6) is 1.03. The van der Waals surface area contributed by atoms with E-state index in [1.54, 1.807) is 16.4 Å². The summed E-state index contributed by atoms with van der Waals surface area (Å²) in [6, 6.07) is 6.90. The topological polar surface area (TPSA) is 78.5 Å². The molecular weight excluding hydrogens is 362 g/mol. The van der Waals surface area contributed by atoms with E-state index in [1.165, 1.54) is 0 Å². The molecule has 2 N–H and O–H groups in total. The van der Waals surface area contributed by atoms with Crippen LogP contribution in [0.2, 0.25) is 0 Å². The maximum Gasteiger partial charge on any atom is 0.314 e. The zero-order valence-electron chi connectivity index (χ0n) is 16.7. The molecular formula is C20H33N3O3S.